The summed E-state index contributed by atoms with van der Waals surface area (Å²) in [5, 5.41) is 0. The van der Waals surface area contributed by atoms with E-state index in [1.807, 2.05) is 11.9 Å². The van der Waals surface area contributed by atoms with E-state index in [1.54, 1.807) is 23.9 Å². The number of nitrogens with zero attached hydrogens (tertiary/aromatic N) is 3. The maximum absolute atomic E-state index is 12.3. The van der Waals surface area contributed by atoms with Gasteiger partial charge in [-0.2, -0.15) is 0 Å². The van der Waals surface area contributed by atoms with Crippen LogP contribution in [0.15, 0.2) is 0 Å². The SMILES string of the molecule is CCC1CCCCN1C(=O)CN(C)CC(=O)N(C)C. The molecular formula is C14H27N3O2. The smallest absolute Gasteiger partial charge is 0.237 e. The highest BCUT2D eigenvalue weighted by atomic mass is 16.2. The van der Waals surface area contributed by atoms with Crippen LogP contribution in [0.2, 0.25) is 0 Å². The molecule has 2 amide bonds. The van der Waals surface area contributed by atoms with Gasteiger partial charge in [0, 0.05) is 26.7 Å². The lowest BCUT2D eigenvalue weighted by Crippen LogP contribution is -2.48. The fourth-order valence-corrected chi connectivity index (χ4v) is 2.50. The summed E-state index contributed by atoms with van der Waals surface area (Å²) in [5.41, 5.74) is 0. The van der Waals surface area contributed by atoms with Gasteiger partial charge in [0.15, 0.2) is 0 Å². The van der Waals surface area contributed by atoms with Gasteiger partial charge in [-0.3, -0.25) is 14.5 Å². The molecule has 0 saturated carbocycles. The van der Waals surface area contributed by atoms with Gasteiger partial charge in [0.05, 0.1) is 13.1 Å². The van der Waals surface area contributed by atoms with Gasteiger partial charge < -0.3 is 9.80 Å². The van der Waals surface area contributed by atoms with Gasteiger partial charge in [-0.1, -0.05) is 6.92 Å². The Hall–Kier alpha value is -1.10. The number of amides is 2. The first-order valence-corrected chi connectivity index (χ1v) is 7.13. The van der Waals surface area contributed by atoms with E-state index in [-0.39, 0.29) is 11.8 Å². The lowest BCUT2D eigenvalue weighted by atomic mass is 10.00. The number of likely N-dealkylation sites (tertiary alicyclic amines) is 1. The van der Waals surface area contributed by atoms with Gasteiger partial charge in [0.25, 0.3) is 0 Å². The molecule has 0 aliphatic carbocycles. The normalized spacial score (nSPS) is 19.6. The molecule has 0 spiro atoms. The van der Waals surface area contributed by atoms with Crippen LogP contribution in [0.25, 0.3) is 0 Å². The van der Waals surface area contributed by atoms with Gasteiger partial charge >= 0.3 is 0 Å². The van der Waals surface area contributed by atoms with Gasteiger partial charge in [-0.15, -0.1) is 0 Å². The highest BCUT2D eigenvalue weighted by molar-refractivity contribution is 5.81. The van der Waals surface area contributed by atoms with E-state index in [0.717, 1.165) is 25.8 Å². The fourth-order valence-electron chi connectivity index (χ4n) is 2.50. The van der Waals surface area contributed by atoms with Crippen LogP contribution in [0.3, 0.4) is 0 Å². The van der Waals surface area contributed by atoms with Crippen molar-refractivity contribution in [3.8, 4) is 0 Å². The molecule has 0 aromatic heterocycles. The monoisotopic (exact) mass is 269 g/mol. The number of carbonyl (C=O) groups is 2. The Bertz CT molecular complexity index is 318. The van der Waals surface area contributed by atoms with Crippen molar-refractivity contribution in [2.75, 3.05) is 40.8 Å². The van der Waals surface area contributed by atoms with Crippen LogP contribution in [-0.2, 0) is 9.59 Å². The first-order chi connectivity index (χ1) is 8.95. The third-order valence-corrected chi connectivity index (χ3v) is 3.73. The quantitative estimate of drug-likeness (QED) is 0.741. The second kappa shape index (κ2) is 7.48. The highest BCUT2D eigenvalue weighted by Crippen LogP contribution is 2.19. The Kier molecular flexibility index (Phi) is 6.28. The molecule has 1 aliphatic heterocycles. The van der Waals surface area contributed by atoms with Crippen molar-refractivity contribution >= 4 is 11.8 Å². The molecule has 5 heteroatoms. The Morgan fingerprint density at radius 1 is 1.16 bits per heavy atom. The maximum Gasteiger partial charge on any atom is 0.237 e. The minimum atomic E-state index is 0.0287. The summed E-state index contributed by atoms with van der Waals surface area (Å²) in [6, 6.07) is 0.388. The molecule has 5 nitrogen and oxygen atoms in total. The van der Waals surface area contributed by atoms with Gasteiger partial charge in [-0.05, 0) is 32.7 Å². The van der Waals surface area contributed by atoms with Gasteiger partial charge in [0.1, 0.15) is 0 Å². The number of hydrogen-bond donors (Lipinski definition) is 0. The number of rotatable bonds is 5. The molecular weight excluding hydrogens is 242 g/mol. The van der Waals surface area contributed by atoms with Crippen LogP contribution in [0.4, 0.5) is 0 Å². The molecule has 110 valence electrons. The molecule has 0 N–H and O–H groups in total. The molecule has 1 rings (SSSR count). The molecule has 1 aliphatic rings. The largest absolute Gasteiger partial charge is 0.348 e. The number of hydrogen-bond acceptors (Lipinski definition) is 3. The Morgan fingerprint density at radius 2 is 1.84 bits per heavy atom. The average molecular weight is 269 g/mol. The molecule has 0 aromatic carbocycles. The zero-order chi connectivity index (χ0) is 14.4. The Morgan fingerprint density at radius 3 is 2.42 bits per heavy atom. The first kappa shape index (κ1) is 16.0. The minimum absolute atomic E-state index is 0.0287. The summed E-state index contributed by atoms with van der Waals surface area (Å²) in [5.74, 6) is 0.182. The van der Waals surface area contributed by atoms with Crippen molar-refractivity contribution < 1.29 is 9.59 Å². The van der Waals surface area contributed by atoms with E-state index < -0.39 is 0 Å². The van der Waals surface area contributed by atoms with Crippen LogP contribution in [-0.4, -0.2) is 73.3 Å². The maximum atomic E-state index is 12.3. The summed E-state index contributed by atoms with van der Waals surface area (Å²) in [7, 11) is 5.29. The average Bonchev–Trinajstić information content (AvgIpc) is 2.38. The summed E-state index contributed by atoms with van der Waals surface area (Å²) in [6.07, 6.45) is 4.45. The van der Waals surface area contributed by atoms with Crippen molar-refractivity contribution in [3.63, 3.8) is 0 Å². The standard InChI is InChI=1S/C14H27N3O2/c1-5-12-8-6-7-9-17(12)14(19)11-16(4)10-13(18)15(2)3/h12H,5-11H2,1-4H3. The van der Waals surface area contributed by atoms with Crippen LogP contribution >= 0.6 is 0 Å². The molecule has 19 heavy (non-hydrogen) atoms. The molecule has 1 heterocycles. The summed E-state index contributed by atoms with van der Waals surface area (Å²) < 4.78 is 0. The van der Waals surface area contributed by atoms with Crippen molar-refractivity contribution in [2.45, 2.75) is 38.6 Å². The van der Waals surface area contributed by atoms with E-state index >= 15 is 0 Å². The molecule has 1 fully saturated rings. The van der Waals surface area contributed by atoms with Crippen molar-refractivity contribution in [1.29, 1.82) is 0 Å². The number of piperidine rings is 1. The van der Waals surface area contributed by atoms with Crippen molar-refractivity contribution in [1.82, 2.24) is 14.7 Å². The second-order valence-corrected chi connectivity index (χ2v) is 5.61. The zero-order valence-electron chi connectivity index (χ0n) is 12.7. The first-order valence-electron chi connectivity index (χ1n) is 7.13. The fraction of sp³-hybridized carbons (Fsp3) is 0.857. The predicted octanol–water partition coefficient (Wildman–Crippen LogP) is 0.798. The third-order valence-electron chi connectivity index (χ3n) is 3.73. The number of carbonyl (C=O) groups excluding carboxylic acids is 2. The van der Waals surface area contributed by atoms with Crippen LogP contribution in [0, 0.1) is 0 Å². The van der Waals surface area contributed by atoms with E-state index in [1.165, 1.54) is 6.42 Å². The molecule has 1 saturated heterocycles. The van der Waals surface area contributed by atoms with Gasteiger partial charge in [-0.25, -0.2) is 0 Å². The third kappa shape index (κ3) is 4.82. The molecule has 0 radical (unpaired) electrons. The highest BCUT2D eigenvalue weighted by Gasteiger charge is 2.26. The van der Waals surface area contributed by atoms with Crippen molar-refractivity contribution in [2.24, 2.45) is 0 Å². The second-order valence-electron chi connectivity index (χ2n) is 5.61. The van der Waals surface area contributed by atoms with Gasteiger partial charge in [0.2, 0.25) is 11.8 Å². The molecule has 1 atom stereocenters. The minimum Gasteiger partial charge on any atom is -0.348 e. The van der Waals surface area contributed by atoms with E-state index in [0.29, 0.717) is 19.1 Å². The van der Waals surface area contributed by atoms with E-state index in [9.17, 15) is 9.59 Å². The molecule has 0 bridgehead atoms. The van der Waals surface area contributed by atoms with Crippen molar-refractivity contribution in [3.05, 3.63) is 0 Å². The lowest BCUT2D eigenvalue weighted by Gasteiger charge is -2.36. The van der Waals surface area contributed by atoms with E-state index in [2.05, 4.69) is 6.92 Å². The summed E-state index contributed by atoms with van der Waals surface area (Å²) in [6.45, 7) is 3.63. The molecule has 1 unspecified atom stereocenters. The topological polar surface area (TPSA) is 43.9 Å². The Labute approximate surface area is 116 Å². The summed E-state index contributed by atoms with van der Waals surface area (Å²) >= 11 is 0. The summed E-state index contributed by atoms with van der Waals surface area (Å²) in [4.78, 5) is 29.2. The van der Waals surface area contributed by atoms with Crippen LogP contribution < -0.4 is 0 Å². The molecule has 0 aromatic rings. The van der Waals surface area contributed by atoms with E-state index in [4.69, 9.17) is 0 Å². The zero-order valence-corrected chi connectivity index (χ0v) is 12.7. The number of likely N-dealkylation sites (N-methyl/N-ethyl adjacent to an activating group) is 2. The van der Waals surface area contributed by atoms with Crippen LogP contribution in [0.1, 0.15) is 32.6 Å². The Balaban J connectivity index is 2.46. The predicted molar refractivity (Wildman–Crippen MR) is 75.8 cm³/mol. The lowest BCUT2D eigenvalue weighted by molar-refractivity contribution is -0.137. The van der Waals surface area contributed by atoms with Crippen LogP contribution in [0.5, 0.6) is 0 Å².